The van der Waals surface area contributed by atoms with Gasteiger partial charge in [0.25, 0.3) is 0 Å². The van der Waals surface area contributed by atoms with Crippen LogP contribution in [0.2, 0.25) is 0 Å². The molecule has 0 bridgehead atoms. The van der Waals surface area contributed by atoms with Crippen molar-refractivity contribution in [3.8, 4) is 0 Å². The van der Waals surface area contributed by atoms with E-state index in [0.29, 0.717) is 0 Å². The number of hydrogen-bond acceptors (Lipinski definition) is 3. The Morgan fingerprint density at radius 3 is 1.12 bits per heavy atom. The Labute approximate surface area is 92.7 Å². The summed E-state index contributed by atoms with van der Waals surface area (Å²) in [6.07, 6.45) is 0. The van der Waals surface area contributed by atoms with E-state index in [1.807, 2.05) is 0 Å². The molecule has 44 valence electrons. The van der Waals surface area contributed by atoms with Crippen LogP contribution in [0.1, 0.15) is 0 Å². The normalized spacial score (nSPS) is 7.88. The molecule has 0 N–H and O–H groups in total. The van der Waals surface area contributed by atoms with Crippen molar-refractivity contribution in [2.75, 3.05) is 21.3 Å². The monoisotopic (exact) mass is 144 g/mol. The summed E-state index contributed by atoms with van der Waals surface area (Å²) in [6.45, 7) is 0. The van der Waals surface area contributed by atoms with Gasteiger partial charge < -0.3 is 14.0 Å². The van der Waals surface area contributed by atoms with Crippen molar-refractivity contribution in [2.24, 2.45) is 0 Å². The second kappa shape index (κ2) is 8.58. The average molecular weight is 144 g/mol. The Morgan fingerprint density at radius 2 is 1.12 bits per heavy atom. The summed E-state index contributed by atoms with van der Waals surface area (Å²) >= 11 is 0. The number of hydrogen-bond donors (Lipinski definition) is 0. The Bertz CT molecular complexity index is 36.0. The van der Waals surface area contributed by atoms with E-state index in [1.54, 1.807) is 0 Å². The van der Waals surface area contributed by atoms with Crippen LogP contribution < -0.4 is 0 Å². The second-order valence-corrected chi connectivity index (χ2v) is 0.996. The van der Waals surface area contributed by atoms with Gasteiger partial charge in [-0.25, -0.2) is 0 Å². The van der Waals surface area contributed by atoms with E-state index in [0.717, 1.165) is 0 Å². The van der Waals surface area contributed by atoms with Gasteiger partial charge in [-0.15, -0.1) is 0 Å². The molecule has 0 amide bonds. The zero-order valence-electron chi connectivity index (χ0n) is 4.80. The zero-order valence-corrected chi connectivity index (χ0v) is 4.80. The molecule has 0 saturated heterocycles. The topological polar surface area (TPSA) is 27.7 Å². The minimum atomic E-state index is -0.514. The minimum absolute atomic E-state index is 0. The fraction of sp³-hybridized carbons (Fsp3) is 1.00. The van der Waals surface area contributed by atoms with Gasteiger partial charge in [-0.05, 0) is 0 Å². The molecule has 0 unspecified atom stereocenters. The van der Waals surface area contributed by atoms with Crippen LogP contribution in [0.3, 0.4) is 0 Å². The summed E-state index contributed by atoms with van der Waals surface area (Å²) in [4.78, 5) is 0. The summed E-state index contributed by atoms with van der Waals surface area (Å²) in [6, 6.07) is 0. The zero-order chi connectivity index (χ0) is 5.70. The fourth-order valence-corrected chi connectivity index (χ4v) is 0.289. The van der Waals surface area contributed by atoms with Crippen molar-refractivity contribution in [1.82, 2.24) is 0 Å². The van der Waals surface area contributed by atoms with Crippen molar-refractivity contribution < 1.29 is 14.0 Å². The molecule has 0 aliphatic rings. The summed E-state index contributed by atoms with van der Waals surface area (Å²) < 4.78 is 13.8. The quantitative estimate of drug-likeness (QED) is 0.488. The van der Waals surface area contributed by atoms with Crippen molar-refractivity contribution in [1.29, 1.82) is 0 Å². The van der Waals surface area contributed by atoms with Gasteiger partial charge in [0.2, 0.25) is 0 Å². The van der Waals surface area contributed by atoms with Gasteiger partial charge in [0.15, 0.2) is 0 Å². The molecule has 0 aliphatic carbocycles. The molecule has 8 heavy (non-hydrogen) atoms. The van der Waals surface area contributed by atoms with Gasteiger partial charge in [0.05, 0.1) is 0 Å². The molecule has 0 rings (SSSR count). The first-order valence-corrected chi connectivity index (χ1v) is 1.93. The maximum atomic E-state index is 4.60. The van der Waals surface area contributed by atoms with Gasteiger partial charge >= 0.3 is 58.7 Å². The summed E-state index contributed by atoms with van der Waals surface area (Å²) in [5.74, 6) is 0. The molecule has 0 radical (unpaired) electrons. The molecule has 0 fully saturated rings. The van der Waals surface area contributed by atoms with Crippen LogP contribution in [0.25, 0.3) is 0 Å². The molecular formula is C3H10BKO3. The van der Waals surface area contributed by atoms with Crippen LogP contribution >= 0.6 is 0 Å². The predicted molar refractivity (Wildman–Crippen MR) is 33.9 cm³/mol. The first-order chi connectivity index (χ1) is 3.35. The van der Waals surface area contributed by atoms with Crippen molar-refractivity contribution in [3.05, 3.63) is 0 Å². The van der Waals surface area contributed by atoms with Crippen LogP contribution in [0, 0.1) is 0 Å². The second-order valence-electron chi connectivity index (χ2n) is 0.996. The number of rotatable bonds is 3. The fourth-order valence-electron chi connectivity index (χ4n) is 0.289. The molecule has 5 heteroatoms. The van der Waals surface area contributed by atoms with E-state index >= 15 is 0 Å². The van der Waals surface area contributed by atoms with E-state index in [4.69, 9.17) is 0 Å². The van der Waals surface area contributed by atoms with Crippen molar-refractivity contribution in [3.63, 3.8) is 0 Å². The van der Waals surface area contributed by atoms with E-state index in [9.17, 15) is 0 Å². The predicted octanol–water partition coefficient (Wildman–Crippen LogP) is -0.738. The Balaban J connectivity index is 0. The molecule has 0 atom stereocenters. The average Bonchev–Trinajstić information content (AvgIpc) is 1.72. The van der Waals surface area contributed by atoms with Gasteiger partial charge in [-0.1, -0.05) is 0 Å². The molecule has 0 saturated carbocycles. The van der Waals surface area contributed by atoms with Crippen LogP contribution in [0.5, 0.6) is 0 Å². The van der Waals surface area contributed by atoms with E-state index in [1.165, 1.54) is 21.3 Å². The maximum absolute atomic E-state index is 4.60. The molecule has 0 aromatic rings. The van der Waals surface area contributed by atoms with Crippen molar-refractivity contribution in [2.45, 2.75) is 0 Å². The van der Waals surface area contributed by atoms with E-state index in [2.05, 4.69) is 14.0 Å². The molecular weight excluding hydrogens is 134 g/mol. The third-order valence-electron chi connectivity index (χ3n) is 0.577. The van der Waals surface area contributed by atoms with Crippen LogP contribution in [0.15, 0.2) is 0 Å². The summed E-state index contributed by atoms with van der Waals surface area (Å²) in [7, 11) is 4.02. The van der Waals surface area contributed by atoms with Gasteiger partial charge in [0, 0.05) is 21.3 Å². The SMILES string of the molecule is COB(OC)OC.[KH]. The Morgan fingerprint density at radius 1 is 0.875 bits per heavy atom. The molecule has 0 heterocycles. The van der Waals surface area contributed by atoms with Crippen molar-refractivity contribution >= 4 is 58.7 Å². The first kappa shape index (κ1) is 12.3. The Kier molecular flexibility index (Phi) is 13.2. The Hall–Kier alpha value is 1.58. The van der Waals surface area contributed by atoms with Gasteiger partial charge in [-0.2, -0.15) is 0 Å². The summed E-state index contributed by atoms with van der Waals surface area (Å²) in [5.41, 5.74) is 0. The third-order valence-corrected chi connectivity index (χ3v) is 0.577. The summed E-state index contributed by atoms with van der Waals surface area (Å²) in [5, 5.41) is 0. The van der Waals surface area contributed by atoms with Crippen LogP contribution in [0.4, 0.5) is 0 Å². The van der Waals surface area contributed by atoms with Crippen LogP contribution in [-0.4, -0.2) is 80.0 Å². The van der Waals surface area contributed by atoms with E-state index < -0.39 is 7.32 Å². The standard InChI is InChI=1S/C3H9BO3.K.H/c1-5-4(6-2)7-3;;/h1-3H3;;. The molecule has 0 spiro atoms. The van der Waals surface area contributed by atoms with Gasteiger partial charge in [-0.3, -0.25) is 0 Å². The molecule has 0 aliphatic heterocycles. The van der Waals surface area contributed by atoms with Gasteiger partial charge in [0.1, 0.15) is 0 Å². The first-order valence-electron chi connectivity index (χ1n) is 1.93. The van der Waals surface area contributed by atoms with Crippen LogP contribution in [-0.2, 0) is 14.0 Å². The third kappa shape index (κ3) is 5.71. The molecule has 3 nitrogen and oxygen atoms in total. The molecule has 0 aromatic heterocycles. The van der Waals surface area contributed by atoms with E-state index in [-0.39, 0.29) is 51.4 Å². The molecule has 0 aromatic carbocycles.